The van der Waals surface area contributed by atoms with Crippen LogP contribution in [0.5, 0.6) is 5.75 Å². The molecular weight excluding hydrogens is 544 g/mol. The van der Waals surface area contributed by atoms with Gasteiger partial charge in [0.15, 0.2) is 5.79 Å². The molecule has 7 rings (SSSR count). The van der Waals surface area contributed by atoms with Crippen LogP contribution in [0.25, 0.3) is 0 Å². The van der Waals surface area contributed by atoms with Gasteiger partial charge >= 0.3 is 0 Å². The van der Waals surface area contributed by atoms with Gasteiger partial charge in [-0.1, -0.05) is 76.2 Å². The van der Waals surface area contributed by atoms with Gasteiger partial charge in [-0.15, -0.1) is 0 Å². The fourth-order valence-electron chi connectivity index (χ4n) is 7.81. The van der Waals surface area contributed by atoms with Crippen LogP contribution in [0.2, 0.25) is 0 Å². The van der Waals surface area contributed by atoms with Crippen LogP contribution in [0.4, 0.5) is 5.69 Å². The molecule has 1 saturated carbocycles. The predicted molar refractivity (Wildman–Crippen MR) is 182 cm³/mol. The number of nitrogens with zero attached hydrogens (tertiary/aromatic N) is 2. The maximum Gasteiger partial charge on any atom is 0.168 e. The van der Waals surface area contributed by atoms with Gasteiger partial charge in [-0.2, -0.15) is 0 Å². The SMILES string of the molecule is CC.CC.Oc1ccc2c(c1)CCC(c1ccccc1)C2c1ccc(N2CCN(CC3CCC4(CC3)OCCO4)CC2)cc1. The van der Waals surface area contributed by atoms with Crippen LogP contribution in [0, 0.1) is 5.92 Å². The molecule has 3 aromatic carbocycles. The largest absolute Gasteiger partial charge is 0.508 e. The molecule has 2 unspecified atom stereocenters. The molecule has 3 fully saturated rings. The van der Waals surface area contributed by atoms with E-state index >= 15 is 0 Å². The average Bonchev–Trinajstić information content (AvgIpc) is 3.56. The van der Waals surface area contributed by atoms with Gasteiger partial charge in [0.25, 0.3) is 0 Å². The van der Waals surface area contributed by atoms with Crippen LogP contribution in [-0.4, -0.2) is 61.7 Å². The first kappa shape index (κ1) is 32.5. The maximum atomic E-state index is 10.1. The minimum atomic E-state index is -0.246. The Bertz CT molecular complexity index is 1270. The first-order chi connectivity index (χ1) is 21.7. The van der Waals surface area contributed by atoms with Crippen molar-refractivity contribution in [3.05, 3.63) is 95.1 Å². The van der Waals surface area contributed by atoms with Gasteiger partial charge in [-0.3, -0.25) is 4.90 Å². The van der Waals surface area contributed by atoms with E-state index in [2.05, 4.69) is 70.5 Å². The summed E-state index contributed by atoms with van der Waals surface area (Å²) in [6, 6.07) is 26.3. The van der Waals surface area contributed by atoms with E-state index in [9.17, 15) is 5.11 Å². The molecule has 5 heteroatoms. The summed E-state index contributed by atoms with van der Waals surface area (Å²) < 4.78 is 11.9. The molecule has 2 saturated heterocycles. The topological polar surface area (TPSA) is 45.2 Å². The van der Waals surface area contributed by atoms with Crippen LogP contribution in [0.1, 0.15) is 93.9 Å². The van der Waals surface area contributed by atoms with Crippen LogP contribution >= 0.6 is 0 Å². The van der Waals surface area contributed by atoms with E-state index in [1.165, 1.54) is 47.3 Å². The van der Waals surface area contributed by atoms with E-state index in [4.69, 9.17) is 9.47 Å². The van der Waals surface area contributed by atoms with Gasteiger partial charge in [0.05, 0.1) is 13.2 Å². The summed E-state index contributed by atoms with van der Waals surface area (Å²) in [7, 11) is 0. The lowest BCUT2D eigenvalue weighted by molar-refractivity contribution is -0.183. The van der Waals surface area contributed by atoms with Crippen molar-refractivity contribution >= 4 is 5.69 Å². The normalized spacial score (nSPS) is 23.2. The zero-order valence-corrected chi connectivity index (χ0v) is 27.5. The highest BCUT2D eigenvalue weighted by atomic mass is 16.7. The molecule has 0 amide bonds. The second-order valence-corrected chi connectivity index (χ2v) is 12.3. The van der Waals surface area contributed by atoms with Crippen molar-refractivity contribution in [2.45, 2.75) is 83.8 Å². The Balaban J connectivity index is 0.000000924. The number of fused-ring (bicyclic) bond motifs is 1. The summed E-state index contributed by atoms with van der Waals surface area (Å²) in [5.41, 5.74) is 6.75. The van der Waals surface area contributed by atoms with E-state index in [0.29, 0.717) is 17.6 Å². The summed E-state index contributed by atoms with van der Waals surface area (Å²) >= 11 is 0. The second kappa shape index (κ2) is 15.4. The third-order valence-corrected chi connectivity index (χ3v) is 10.0. The highest BCUT2D eigenvalue weighted by molar-refractivity contribution is 5.52. The Morgan fingerprint density at radius 1 is 0.750 bits per heavy atom. The van der Waals surface area contributed by atoms with Gasteiger partial charge in [-0.05, 0) is 84.0 Å². The number of ether oxygens (including phenoxy) is 2. The van der Waals surface area contributed by atoms with Crippen LogP contribution in [0.15, 0.2) is 72.8 Å². The van der Waals surface area contributed by atoms with E-state index in [-0.39, 0.29) is 5.79 Å². The molecule has 1 N–H and O–H groups in total. The molecule has 3 aromatic rings. The lowest BCUT2D eigenvalue weighted by atomic mass is 9.69. The van der Waals surface area contributed by atoms with E-state index in [0.717, 1.165) is 71.0 Å². The summed E-state index contributed by atoms with van der Waals surface area (Å²) in [5.74, 6) is 1.63. The van der Waals surface area contributed by atoms with Gasteiger partial charge in [0.1, 0.15) is 5.75 Å². The zero-order chi connectivity index (χ0) is 30.9. The first-order valence-electron chi connectivity index (χ1n) is 17.4. The number of piperazine rings is 1. The highest BCUT2D eigenvalue weighted by Gasteiger charge is 2.40. The van der Waals surface area contributed by atoms with E-state index < -0.39 is 0 Å². The Kier molecular flexibility index (Phi) is 11.4. The van der Waals surface area contributed by atoms with Gasteiger partial charge < -0.3 is 19.5 Å². The number of phenols is 1. The molecule has 44 heavy (non-hydrogen) atoms. The van der Waals surface area contributed by atoms with E-state index in [1.807, 2.05) is 39.8 Å². The summed E-state index contributed by atoms with van der Waals surface area (Å²) in [6.45, 7) is 15.2. The Hall–Kier alpha value is -2.86. The van der Waals surface area contributed by atoms with E-state index in [1.54, 1.807) is 0 Å². The van der Waals surface area contributed by atoms with Gasteiger partial charge in [-0.25, -0.2) is 0 Å². The fourth-order valence-corrected chi connectivity index (χ4v) is 7.81. The number of hydrogen-bond donors (Lipinski definition) is 1. The highest BCUT2D eigenvalue weighted by Crippen LogP contribution is 2.47. The van der Waals surface area contributed by atoms with Crippen molar-refractivity contribution in [1.82, 2.24) is 4.90 Å². The number of anilines is 1. The standard InChI is InChI=1S/C35H42N2O3.2C2H6/c38-31-11-13-33-29(24-31)8-12-32(27-4-2-1-3-5-27)34(33)28-6-9-30(10-7-28)37-20-18-36(19-21-37)25-26-14-16-35(17-15-26)39-22-23-40-35;2*1-2/h1-7,9-11,13,24,26,32,34,38H,8,12,14-23,25H2;2*1-2H3. The molecule has 2 heterocycles. The minimum absolute atomic E-state index is 0.246. The van der Waals surface area contributed by atoms with Crippen LogP contribution in [0.3, 0.4) is 0 Å². The van der Waals surface area contributed by atoms with Crippen molar-refractivity contribution in [1.29, 1.82) is 0 Å². The monoisotopic (exact) mass is 598 g/mol. The lowest BCUT2D eigenvalue weighted by Crippen LogP contribution is -2.48. The third kappa shape index (κ3) is 7.33. The Labute approximate surface area is 266 Å². The van der Waals surface area contributed by atoms with Crippen molar-refractivity contribution in [2.75, 3.05) is 50.8 Å². The number of benzene rings is 3. The molecule has 0 radical (unpaired) electrons. The molecule has 5 nitrogen and oxygen atoms in total. The smallest absolute Gasteiger partial charge is 0.168 e. The molecule has 0 bridgehead atoms. The summed E-state index contributed by atoms with van der Waals surface area (Å²) in [4.78, 5) is 5.22. The average molecular weight is 599 g/mol. The second-order valence-electron chi connectivity index (χ2n) is 12.3. The van der Waals surface area contributed by atoms with Crippen molar-refractivity contribution in [3.63, 3.8) is 0 Å². The molecular formula is C39H54N2O3. The van der Waals surface area contributed by atoms with Gasteiger partial charge in [0, 0.05) is 57.2 Å². The molecule has 2 aliphatic heterocycles. The number of aryl methyl sites for hydroxylation is 1. The van der Waals surface area contributed by atoms with Crippen molar-refractivity contribution < 1.29 is 14.6 Å². The first-order valence-corrected chi connectivity index (χ1v) is 17.4. The lowest BCUT2D eigenvalue weighted by Gasteiger charge is -2.40. The molecule has 4 aliphatic rings. The number of phenolic OH excluding ortho intramolecular Hbond substituents is 1. The third-order valence-electron chi connectivity index (χ3n) is 10.0. The fraction of sp³-hybridized carbons (Fsp3) is 0.538. The summed E-state index contributed by atoms with van der Waals surface area (Å²) in [6.07, 6.45) is 6.65. The molecule has 238 valence electrons. The number of hydrogen-bond acceptors (Lipinski definition) is 5. The van der Waals surface area contributed by atoms with Gasteiger partial charge in [0.2, 0.25) is 0 Å². The van der Waals surface area contributed by atoms with Crippen LogP contribution < -0.4 is 4.90 Å². The molecule has 2 aliphatic carbocycles. The molecule has 2 atom stereocenters. The van der Waals surface area contributed by atoms with Crippen LogP contribution in [-0.2, 0) is 15.9 Å². The quantitative estimate of drug-likeness (QED) is 0.320. The Morgan fingerprint density at radius 3 is 2.07 bits per heavy atom. The maximum absolute atomic E-state index is 10.1. The van der Waals surface area contributed by atoms with Crippen molar-refractivity contribution in [3.8, 4) is 5.75 Å². The zero-order valence-electron chi connectivity index (χ0n) is 27.5. The van der Waals surface area contributed by atoms with Crippen molar-refractivity contribution in [2.24, 2.45) is 5.92 Å². The summed E-state index contributed by atoms with van der Waals surface area (Å²) in [5, 5.41) is 10.1. The molecule has 1 spiro atoms. The Morgan fingerprint density at radius 2 is 1.41 bits per heavy atom. The predicted octanol–water partition coefficient (Wildman–Crippen LogP) is 8.36. The molecule has 0 aromatic heterocycles. The minimum Gasteiger partial charge on any atom is -0.508 e. The number of aromatic hydroxyl groups is 1. The number of rotatable bonds is 5.